The number of amides is 2. The smallest absolute Gasteiger partial charge is 0.266 e. The molecule has 0 spiro atoms. The lowest BCUT2D eigenvalue weighted by molar-refractivity contribution is -0.122. The van der Waals surface area contributed by atoms with Gasteiger partial charge in [-0.25, -0.2) is 4.63 Å². The largest absolute Gasteiger partial charge is 0.479 e. The highest BCUT2D eigenvalue weighted by Crippen LogP contribution is 2.30. The van der Waals surface area contributed by atoms with Crippen LogP contribution in [0.25, 0.3) is 0 Å². The summed E-state index contributed by atoms with van der Waals surface area (Å²) in [6.45, 7) is 3.00. The van der Waals surface area contributed by atoms with Crippen LogP contribution in [0.2, 0.25) is 20.1 Å². The molecule has 0 radical (unpaired) electrons. The molecule has 0 fully saturated rings. The minimum absolute atomic E-state index is 0.122. The van der Waals surface area contributed by atoms with E-state index in [4.69, 9.17) is 55.9 Å². The van der Waals surface area contributed by atoms with E-state index in [1.165, 1.54) is 38.1 Å². The number of carbonyl (C=O) groups is 2. The molecule has 174 valence electrons. The molecule has 2 N–H and O–H groups in total. The number of hydrogen-bond donors (Lipinski definition) is 2. The van der Waals surface area contributed by atoms with Crippen LogP contribution in [0.3, 0.4) is 0 Å². The molecule has 0 saturated heterocycles. The normalized spacial score (nSPS) is 12.5. The third-order valence-corrected chi connectivity index (χ3v) is 5.17. The Morgan fingerprint density at radius 2 is 1.18 bits per heavy atom. The van der Waals surface area contributed by atoms with Crippen molar-refractivity contribution in [1.82, 2.24) is 10.3 Å². The maximum atomic E-state index is 12.5. The number of nitrogens with one attached hydrogen (secondary N) is 2. The fourth-order valence-corrected chi connectivity index (χ4v) is 3.32. The number of hydrogen-bond acceptors (Lipinski definition) is 7. The summed E-state index contributed by atoms with van der Waals surface area (Å²) in [7, 11) is 0. The average Bonchev–Trinajstić information content (AvgIpc) is 3.18. The highest BCUT2D eigenvalue weighted by Gasteiger charge is 2.24. The molecule has 13 heteroatoms. The van der Waals surface area contributed by atoms with Gasteiger partial charge in [0.1, 0.15) is 11.5 Å². The standard InChI is InChI=1S/C20H16Cl4N4O5/c1-9(31-15-5-3-11(21)7-13(15)23)19(29)25-17-18(28-33-27-17)26-20(30)10(2)32-16-6-4-12(22)8-14(16)24/h3-10H,1-2H3,(H,25,27,29)(H,26,28,30). The monoisotopic (exact) mass is 532 g/mol. The van der Waals surface area contributed by atoms with E-state index < -0.39 is 24.0 Å². The van der Waals surface area contributed by atoms with Crippen LogP contribution in [-0.4, -0.2) is 34.3 Å². The number of aromatic nitrogens is 2. The van der Waals surface area contributed by atoms with Crippen LogP contribution in [0.5, 0.6) is 11.5 Å². The van der Waals surface area contributed by atoms with Gasteiger partial charge in [0.05, 0.1) is 10.0 Å². The molecule has 3 rings (SSSR count). The first-order valence-corrected chi connectivity index (χ1v) is 10.8. The molecule has 0 aliphatic carbocycles. The zero-order valence-electron chi connectivity index (χ0n) is 17.1. The number of ether oxygens (including phenoxy) is 2. The van der Waals surface area contributed by atoms with Gasteiger partial charge in [-0.1, -0.05) is 46.4 Å². The summed E-state index contributed by atoms with van der Waals surface area (Å²) >= 11 is 23.8. The predicted octanol–water partition coefficient (Wildman–Crippen LogP) is 5.50. The SMILES string of the molecule is CC(Oc1ccc(Cl)cc1Cl)C(=O)Nc1nonc1NC(=O)C(C)Oc1ccc(Cl)cc1Cl. The van der Waals surface area contributed by atoms with Gasteiger partial charge in [-0.05, 0) is 60.6 Å². The zero-order chi connectivity index (χ0) is 24.1. The first-order chi connectivity index (χ1) is 15.6. The topological polar surface area (TPSA) is 116 Å². The molecule has 0 bridgehead atoms. The van der Waals surface area contributed by atoms with Crippen LogP contribution in [-0.2, 0) is 9.59 Å². The van der Waals surface area contributed by atoms with Crippen LogP contribution in [0.4, 0.5) is 11.6 Å². The average molecular weight is 534 g/mol. The number of halogens is 4. The minimum atomic E-state index is -0.974. The van der Waals surface area contributed by atoms with Crippen LogP contribution in [0, 0.1) is 0 Å². The maximum absolute atomic E-state index is 12.5. The molecule has 2 amide bonds. The number of rotatable bonds is 8. The van der Waals surface area contributed by atoms with Crippen molar-refractivity contribution in [2.45, 2.75) is 26.1 Å². The van der Waals surface area contributed by atoms with E-state index in [-0.39, 0.29) is 33.2 Å². The summed E-state index contributed by atoms with van der Waals surface area (Å²) in [5.74, 6) is -0.899. The number of benzene rings is 2. The summed E-state index contributed by atoms with van der Waals surface area (Å²) in [6, 6.07) is 9.18. The van der Waals surface area contributed by atoms with Crippen LogP contribution < -0.4 is 20.1 Å². The molecular weight excluding hydrogens is 518 g/mol. The van der Waals surface area contributed by atoms with Crippen molar-refractivity contribution in [2.24, 2.45) is 0 Å². The molecule has 2 atom stereocenters. The van der Waals surface area contributed by atoms with Gasteiger partial charge in [0.15, 0.2) is 12.2 Å². The summed E-state index contributed by atoms with van der Waals surface area (Å²) in [5, 5.41) is 13.4. The Bertz CT molecular complexity index is 1090. The van der Waals surface area contributed by atoms with Crippen molar-refractivity contribution in [3.63, 3.8) is 0 Å². The predicted molar refractivity (Wildman–Crippen MR) is 125 cm³/mol. The number of carbonyl (C=O) groups excluding carboxylic acids is 2. The first-order valence-electron chi connectivity index (χ1n) is 9.31. The fraction of sp³-hybridized carbons (Fsp3) is 0.200. The Labute approximate surface area is 208 Å². The Kier molecular flexibility index (Phi) is 8.25. The van der Waals surface area contributed by atoms with Gasteiger partial charge in [0.2, 0.25) is 11.6 Å². The highest BCUT2D eigenvalue weighted by molar-refractivity contribution is 6.36. The second-order valence-electron chi connectivity index (χ2n) is 6.61. The Morgan fingerprint density at radius 3 is 1.55 bits per heavy atom. The Balaban J connectivity index is 1.60. The zero-order valence-corrected chi connectivity index (χ0v) is 20.1. The van der Waals surface area contributed by atoms with E-state index in [0.29, 0.717) is 10.0 Å². The van der Waals surface area contributed by atoms with Crippen LogP contribution >= 0.6 is 46.4 Å². The quantitative estimate of drug-likeness (QED) is 0.393. The molecule has 3 aromatic rings. The highest BCUT2D eigenvalue weighted by atomic mass is 35.5. The molecule has 2 unspecified atom stereocenters. The van der Waals surface area contributed by atoms with Gasteiger partial charge < -0.3 is 20.1 Å². The van der Waals surface area contributed by atoms with Gasteiger partial charge in [0, 0.05) is 10.0 Å². The molecule has 2 aromatic carbocycles. The van der Waals surface area contributed by atoms with Gasteiger partial charge in [-0.3, -0.25) is 9.59 Å². The second-order valence-corrected chi connectivity index (χ2v) is 8.30. The van der Waals surface area contributed by atoms with Gasteiger partial charge in [-0.2, -0.15) is 0 Å². The molecule has 9 nitrogen and oxygen atoms in total. The number of anilines is 2. The van der Waals surface area contributed by atoms with Gasteiger partial charge in [-0.15, -0.1) is 0 Å². The van der Waals surface area contributed by atoms with Crippen molar-refractivity contribution < 1.29 is 23.7 Å². The minimum Gasteiger partial charge on any atom is -0.479 e. The van der Waals surface area contributed by atoms with Crippen molar-refractivity contribution in [3.8, 4) is 11.5 Å². The number of nitrogens with zero attached hydrogens (tertiary/aromatic N) is 2. The van der Waals surface area contributed by atoms with Crippen molar-refractivity contribution in [3.05, 3.63) is 56.5 Å². The van der Waals surface area contributed by atoms with Gasteiger partial charge >= 0.3 is 0 Å². The van der Waals surface area contributed by atoms with Crippen molar-refractivity contribution >= 4 is 69.9 Å². The van der Waals surface area contributed by atoms with Gasteiger partial charge in [0.25, 0.3) is 11.8 Å². The molecule has 0 aliphatic heterocycles. The van der Waals surface area contributed by atoms with E-state index in [0.717, 1.165) is 0 Å². The summed E-state index contributed by atoms with van der Waals surface area (Å²) in [6.07, 6.45) is -1.95. The summed E-state index contributed by atoms with van der Waals surface area (Å²) < 4.78 is 15.7. The molecule has 33 heavy (non-hydrogen) atoms. The molecule has 0 aliphatic rings. The van der Waals surface area contributed by atoms with E-state index in [1.807, 2.05) is 0 Å². The summed E-state index contributed by atoms with van der Waals surface area (Å²) in [5.41, 5.74) is 0. The Morgan fingerprint density at radius 1 is 0.788 bits per heavy atom. The van der Waals surface area contributed by atoms with E-state index in [1.54, 1.807) is 12.1 Å². The fourth-order valence-electron chi connectivity index (χ4n) is 2.42. The van der Waals surface area contributed by atoms with E-state index >= 15 is 0 Å². The lowest BCUT2D eigenvalue weighted by atomic mass is 10.3. The summed E-state index contributed by atoms with van der Waals surface area (Å²) in [4.78, 5) is 25.0. The Hall–Kier alpha value is -2.72. The molecule has 0 saturated carbocycles. The van der Waals surface area contributed by atoms with Crippen LogP contribution in [0.1, 0.15) is 13.8 Å². The lowest BCUT2D eigenvalue weighted by Gasteiger charge is -2.16. The van der Waals surface area contributed by atoms with Crippen LogP contribution in [0.15, 0.2) is 41.0 Å². The van der Waals surface area contributed by atoms with Crippen molar-refractivity contribution in [2.75, 3.05) is 10.6 Å². The molecule has 1 aromatic heterocycles. The third-order valence-electron chi connectivity index (χ3n) is 4.11. The van der Waals surface area contributed by atoms with E-state index in [9.17, 15) is 9.59 Å². The van der Waals surface area contributed by atoms with E-state index in [2.05, 4.69) is 25.6 Å². The molecular formula is C20H16Cl4N4O5. The second kappa shape index (κ2) is 10.9. The third kappa shape index (κ3) is 6.64. The molecule has 1 heterocycles. The maximum Gasteiger partial charge on any atom is 0.266 e. The van der Waals surface area contributed by atoms with Crippen molar-refractivity contribution in [1.29, 1.82) is 0 Å². The lowest BCUT2D eigenvalue weighted by Crippen LogP contribution is -2.32. The first kappa shape index (κ1) is 24.9.